The first-order valence-corrected chi connectivity index (χ1v) is 6.73. The van der Waals surface area contributed by atoms with Gasteiger partial charge in [0.25, 0.3) is 0 Å². The van der Waals surface area contributed by atoms with Gasteiger partial charge in [0.2, 0.25) is 0 Å². The molecule has 0 unspecified atom stereocenters. The van der Waals surface area contributed by atoms with Gasteiger partial charge in [-0.1, -0.05) is 0 Å². The molecule has 9 nitrogen and oxygen atoms in total. The van der Waals surface area contributed by atoms with Gasteiger partial charge < -0.3 is 34.5 Å². The van der Waals surface area contributed by atoms with Crippen LogP contribution in [0, 0.1) is 0 Å². The summed E-state index contributed by atoms with van der Waals surface area (Å²) in [6.45, 7) is -0.164. The second-order valence-electron chi connectivity index (χ2n) is 1.60. The fraction of sp³-hybridized carbons (Fsp3) is 1.00. The summed E-state index contributed by atoms with van der Waals surface area (Å²) in [5.74, 6) is 0. The molecular formula is C2H11Cl2KO9P2. The molecule has 0 aliphatic rings. The third-order valence-electron chi connectivity index (χ3n) is 0.138. The van der Waals surface area contributed by atoms with Crippen LogP contribution in [0.1, 0.15) is 0 Å². The van der Waals surface area contributed by atoms with Crippen LogP contribution in [-0.2, 0) is 9.13 Å². The Morgan fingerprint density at radius 1 is 0.875 bits per heavy atom. The summed E-state index contributed by atoms with van der Waals surface area (Å²) >= 11 is 9.96. The number of hydrogen-bond acceptors (Lipinski definition) is 3. The van der Waals surface area contributed by atoms with Crippen LogP contribution in [0.25, 0.3) is 0 Å². The van der Waals surface area contributed by atoms with Gasteiger partial charge in [0, 0.05) is 0 Å². The van der Waals surface area contributed by atoms with Crippen molar-refractivity contribution in [1.29, 1.82) is 0 Å². The van der Waals surface area contributed by atoms with Crippen LogP contribution >= 0.6 is 38.8 Å². The zero-order chi connectivity index (χ0) is 13.3. The van der Waals surface area contributed by atoms with Crippen LogP contribution in [0.15, 0.2) is 0 Å². The maximum atomic E-state index is 8.88. The molecule has 0 atom stereocenters. The Kier molecular flexibility index (Phi) is 23.2. The van der Waals surface area contributed by atoms with Crippen molar-refractivity contribution < 1.29 is 43.6 Å². The molecule has 0 aromatic carbocycles. The van der Waals surface area contributed by atoms with Gasteiger partial charge in [-0.25, -0.2) is 9.13 Å². The molecule has 98 valence electrons. The number of aliphatic hydroxyl groups is 1. The molecule has 0 aliphatic heterocycles. The van der Waals surface area contributed by atoms with E-state index >= 15 is 0 Å². The summed E-state index contributed by atoms with van der Waals surface area (Å²) < 4.78 is 17.8. The predicted octanol–water partition coefficient (Wildman–Crippen LogP) is -1.72. The Hall–Kier alpha value is 2.40. The summed E-state index contributed by atoms with van der Waals surface area (Å²) in [4.78, 5) is 42.5. The normalized spacial score (nSPS) is 10.4. The summed E-state index contributed by atoms with van der Waals surface area (Å²) in [6, 6.07) is 0. The second kappa shape index (κ2) is 13.8. The van der Waals surface area contributed by atoms with E-state index in [1.54, 1.807) is 0 Å². The van der Waals surface area contributed by atoms with Gasteiger partial charge >= 0.3 is 67.0 Å². The molecule has 0 saturated heterocycles. The van der Waals surface area contributed by atoms with Crippen LogP contribution in [0.5, 0.6) is 0 Å². The molecule has 0 radical (unpaired) electrons. The Morgan fingerprint density at radius 3 is 0.938 bits per heavy atom. The fourth-order valence-electron chi connectivity index (χ4n) is 0. The van der Waals surface area contributed by atoms with Crippen molar-refractivity contribution in [2.24, 2.45) is 0 Å². The summed E-state index contributed by atoms with van der Waals surface area (Å²) in [5, 5.41) is 7.88. The minimum atomic E-state index is -4.64. The van der Waals surface area contributed by atoms with Crippen molar-refractivity contribution in [3.05, 3.63) is 0 Å². The van der Waals surface area contributed by atoms with Crippen molar-refractivity contribution in [1.82, 2.24) is 0 Å². The van der Waals surface area contributed by atoms with Crippen molar-refractivity contribution >= 4 is 90.2 Å². The average Bonchev–Trinajstić information content (AvgIpc) is 1.79. The molecule has 14 heteroatoms. The fourth-order valence-corrected chi connectivity index (χ4v) is 0. The molecule has 0 saturated carbocycles. The number of phosphoric acid groups is 2. The van der Waals surface area contributed by atoms with E-state index in [0.29, 0.717) is 0 Å². The SMILES string of the molecule is O=P(O)(O)O.O=P(O)(O)O.OCC(Cl)Cl.[KH]. The van der Waals surface area contributed by atoms with Gasteiger partial charge in [-0.05, 0) is 0 Å². The molecule has 0 aromatic rings. The van der Waals surface area contributed by atoms with E-state index in [9.17, 15) is 0 Å². The van der Waals surface area contributed by atoms with Gasteiger partial charge in [0.05, 0.1) is 6.61 Å². The zero-order valence-electron chi connectivity index (χ0n) is 6.88. The molecule has 0 fully saturated rings. The summed E-state index contributed by atoms with van der Waals surface area (Å²) in [5.41, 5.74) is 0. The third kappa shape index (κ3) is 201. The van der Waals surface area contributed by atoms with Crippen molar-refractivity contribution in [2.45, 2.75) is 4.84 Å². The van der Waals surface area contributed by atoms with E-state index in [-0.39, 0.29) is 58.0 Å². The molecule has 0 bridgehead atoms. The van der Waals surface area contributed by atoms with Gasteiger partial charge in [0.15, 0.2) is 0 Å². The van der Waals surface area contributed by atoms with E-state index in [0.717, 1.165) is 0 Å². The van der Waals surface area contributed by atoms with Crippen LogP contribution in [0.4, 0.5) is 0 Å². The number of hydrogen-bond donors (Lipinski definition) is 7. The molecular weight excluding hydrogens is 340 g/mol. The number of rotatable bonds is 1. The molecule has 0 aromatic heterocycles. The third-order valence-corrected chi connectivity index (χ3v) is 0.414. The van der Waals surface area contributed by atoms with E-state index in [2.05, 4.69) is 0 Å². The summed E-state index contributed by atoms with van der Waals surface area (Å²) in [7, 11) is -9.28. The van der Waals surface area contributed by atoms with Gasteiger partial charge in [-0.2, -0.15) is 0 Å². The van der Waals surface area contributed by atoms with E-state index in [1.807, 2.05) is 0 Å². The zero-order valence-corrected chi connectivity index (χ0v) is 10.2. The van der Waals surface area contributed by atoms with Gasteiger partial charge in [-0.15, -0.1) is 23.2 Å². The first kappa shape index (κ1) is 26.9. The van der Waals surface area contributed by atoms with Gasteiger partial charge in [-0.3, -0.25) is 0 Å². The molecule has 0 heterocycles. The molecule has 0 amide bonds. The second-order valence-corrected chi connectivity index (χ2v) is 4.93. The van der Waals surface area contributed by atoms with Crippen LogP contribution in [0.3, 0.4) is 0 Å². The number of aliphatic hydroxyl groups excluding tert-OH is 1. The first-order chi connectivity index (χ1) is 6.27. The number of halogens is 2. The Morgan fingerprint density at radius 2 is 0.938 bits per heavy atom. The number of alkyl halides is 2. The maximum absolute atomic E-state index is 8.88. The van der Waals surface area contributed by atoms with Crippen molar-refractivity contribution in [2.75, 3.05) is 6.61 Å². The molecule has 0 aliphatic carbocycles. The molecule has 16 heavy (non-hydrogen) atoms. The van der Waals surface area contributed by atoms with E-state index in [4.69, 9.17) is 66.8 Å². The quantitative estimate of drug-likeness (QED) is 0.164. The Labute approximate surface area is 143 Å². The van der Waals surface area contributed by atoms with E-state index in [1.165, 1.54) is 0 Å². The predicted molar refractivity (Wildman–Crippen MR) is 58.3 cm³/mol. The topological polar surface area (TPSA) is 176 Å². The van der Waals surface area contributed by atoms with Crippen molar-refractivity contribution in [3.63, 3.8) is 0 Å². The summed E-state index contributed by atoms with van der Waals surface area (Å²) in [6.07, 6.45) is 0. The molecule has 0 spiro atoms. The standard InChI is InChI=1S/C2H4Cl2O.K.2H3O4P.H/c3-2(4)1-5;;2*1-5(2,3)4;/h2,5H,1H2;;2*(H3,1,2,3,4);. The minimum absolute atomic E-state index is 0. The van der Waals surface area contributed by atoms with Crippen LogP contribution in [-0.4, -0.2) is 97.3 Å². The first-order valence-electron chi connectivity index (χ1n) is 2.73. The average molecular weight is 351 g/mol. The van der Waals surface area contributed by atoms with Gasteiger partial charge in [0.1, 0.15) is 4.84 Å². The Balaban J connectivity index is -0.0000000655. The molecule has 7 N–H and O–H groups in total. The van der Waals surface area contributed by atoms with Crippen LogP contribution in [0.2, 0.25) is 0 Å². The van der Waals surface area contributed by atoms with Crippen molar-refractivity contribution in [3.8, 4) is 0 Å². The monoisotopic (exact) mass is 350 g/mol. The molecule has 0 rings (SSSR count). The van der Waals surface area contributed by atoms with Crippen LogP contribution < -0.4 is 0 Å². The van der Waals surface area contributed by atoms with E-state index < -0.39 is 20.5 Å². The Bertz CT molecular complexity index is 187.